The maximum absolute atomic E-state index is 12.4. The van der Waals surface area contributed by atoms with Crippen LogP contribution in [0.3, 0.4) is 0 Å². The quantitative estimate of drug-likeness (QED) is 0.770. The molecule has 0 unspecified atom stereocenters. The van der Waals surface area contributed by atoms with E-state index in [2.05, 4.69) is 15.2 Å². The molecule has 0 aliphatic carbocycles. The lowest BCUT2D eigenvalue weighted by Crippen LogP contribution is -2.50. The van der Waals surface area contributed by atoms with Crippen LogP contribution in [0.15, 0.2) is 42.6 Å². The number of nitrogens with two attached hydrogens (primary N) is 1. The first kappa shape index (κ1) is 20.1. The number of carbonyl (C=O) groups excluding carboxylic acids is 2. The second-order valence-electron chi connectivity index (χ2n) is 6.81. The third-order valence-electron chi connectivity index (χ3n) is 4.84. The lowest BCUT2D eigenvalue weighted by atomic mass is 10.1. The van der Waals surface area contributed by atoms with Crippen molar-refractivity contribution in [1.29, 1.82) is 0 Å². The molecule has 2 heterocycles. The summed E-state index contributed by atoms with van der Waals surface area (Å²) in [7, 11) is 0. The number of benzene rings is 1. The first-order valence-electron chi connectivity index (χ1n) is 9.21. The third-order valence-corrected chi connectivity index (χ3v) is 5.18. The summed E-state index contributed by atoms with van der Waals surface area (Å²) < 4.78 is 0. The number of primary amides is 1. The average molecular weight is 402 g/mol. The minimum atomic E-state index is -0.488. The summed E-state index contributed by atoms with van der Waals surface area (Å²) in [6.45, 7) is 4.97. The Labute approximate surface area is 169 Å². The van der Waals surface area contributed by atoms with E-state index in [0.717, 1.165) is 5.56 Å². The van der Waals surface area contributed by atoms with Crippen molar-refractivity contribution >= 4 is 29.2 Å². The molecule has 1 aromatic heterocycles. The lowest BCUT2D eigenvalue weighted by Gasteiger charge is -2.35. The average Bonchev–Trinajstić information content (AvgIpc) is 2.68. The monoisotopic (exact) mass is 401 g/mol. The SMILES string of the molecule is C[C@H](NC(=O)CN1CCN(c2ncccc2C(N)=O)CC1)c1ccccc1Cl. The fourth-order valence-electron chi connectivity index (χ4n) is 3.35. The van der Waals surface area contributed by atoms with Crippen molar-refractivity contribution in [1.82, 2.24) is 15.2 Å². The fourth-order valence-corrected chi connectivity index (χ4v) is 3.65. The van der Waals surface area contributed by atoms with E-state index in [1.54, 1.807) is 18.3 Å². The van der Waals surface area contributed by atoms with Gasteiger partial charge in [-0.3, -0.25) is 14.5 Å². The number of halogens is 1. The topological polar surface area (TPSA) is 91.6 Å². The van der Waals surface area contributed by atoms with Gasteiger partial charge in [-0.15, -0.1) is 0 Å². The number of amides is 2. The van der Waals surface area contributed by atoms with Gasteiger partial charge >= 0.3 is 0 Å². The molecule has 1 aromatic carbocycles. The Bertz CT molecular complexity index is 852. The number of carbonyl (C=O) groups is 2. The van der Waals surface area contributed by atoms with Crippen molar-refractivity contribution in [3.8, 4) is 0 Å². The van der Waals surface area contributed by atoms with Crippen LogP contribution in [0, 0.1) is 0 Å². The maximum Gasteiger partial charge on any atom is 0.252 e. The largest absolute Gasteiger partial charge is 0.365 e. The molecule has 1 fully saturated rings. The van der Waals surface area contributed by atoms with Gasteiger partial charge in [0.1, 0.15) is 5.82 Å². The molecule has 1 aliphatic rings. The summed E-state index contributed by atoms with van der Waals surface area (Å²) >= 11 is 6.20. The number of aromatic nitrogens is 1. The fraction of sp³-hybridized carbons (Fsp3) is 0.350. The molecule has 1 saturated heterocycles. The Kier molecular flexibility index (Phi) is 6.49. The van der Waals surface area contributed by atoms with Crippen LogP contribution < -0.4 is 16.0 Å². The van der Waals surface area contributed by atoms with Crippen molar-refractivity contribution in [2.45, 2.75) is 13.0 Å². The minimum Gasteiger partial charge on any atom is -0.365 e. The van der Waals surface area contributed by atoms with Crippen molar-refractivity contribution in [2.24, 2.45) is 5.73 Å². The van der Waals surface area contributed by atoms with Crippen LogP contribution in [0.1, 0.15) is 28.9 Å². The summed E-state index contributed by atoms with van der Waals surface area (Å²) in [4.78, 5) is 32.4. The summed E-state index contributed by atoms with van der Waals surface area (Å²) in [6, 6.07) is 10.7. The van der Waals surface area contributed by atoms with Crippen LogP contribution >= 0.6 is 11.6 Å². The Morgan fingerprint density at radius 2 is 1.89 bits per heavy atom. The zero-order chi connectivity index (χ0) is 20.1. The second kappa shape index (κ2) is 9.03. The molecule has 7 nitrogen and oxygen atoms in total. The van der Waals surface area contributed by atoms with Crippen LogP contribution in [0.4, 0.5) is 5.82 Å². The van der Waals surface area contributed by atoms with E-state index in [4.69, 9.17) is 17.3 Å². The summed E-state index contributed by atoms with van der Waals surface area (Å²) in [5.74, 6) is 0.0708. The predicted molar refractivity (Wildman–Crippen MR) is 109 cm³/mol. The first-order valence-corrected chi connectivity index (χ1v) is 9.59. The molecule has 0 spiro atoms. The van der Waals surface area contributed by atoms with Crippen molar-refractivity contribution in [2.75, 3.05) is 37.6 Å². The Morgan fingerprint density at radius 3 is 2.57 bits per heavy atom. The van der Waals surface area contributed by atoms with Gasteiger partial charge in [0.05, 0.1) is 18.2 Å². The van der Waals surface area contributed by atoms with Crippen molar-refractivity contribution in [3.63, 3.8) is 0 Å². The Balaban J connectivity index is 1.52. The van der Waals surface area contributed by atoms with E-state index in [-0.39, 0.29) is 11.9 Å². The third kappa shape index (κ3) is 4.79. The molecular weight excluding hydrogens is 378 g/mol. The highest BCUT2D eigenvalue weighted by Gasteiger charge is 2.23. The van der Waals surface area contributed by atoms with Crippen molar-refractivity contribution in [3.05, 3.63) is 58.7 Å². The zero-order valence-corrected chi connectivity index (χ0v) is 16.5. The summed E-state index contributed by atoms with van der Waals surface area (Å²) in [5.41, 5.74) is 6.76. The van der Waals surface area contributed by atoms with E-state index in [9.17, 15) is 9.59 Å². The van der Waals surface area contributed by atoms with E-state index in [1.807, 2.05) is 36.1 Å². The van der Waals surface area contributed by atoms with Gasteiger partial charge in [-0.05, 0) is 30.7 Å². The number of hydrogen-bond donors (Lipinski definition) is 2. The number of hydrogen-bond acceptors (Lipinski definition) is 5. The Hall–Kier alpha value is -2.64. The number of anilines is 1. The number of piperazine rings is 1. The molecule has 28 heavy (non-hydrogen) atoms. The van der Waals surface area contributed by atoms with E-state index in [1.165, 1.54) is 0 Å². The van der Waals surface area contributed by atoms with Gasteiger partial charge < -0.3 is 16.0 Å². The lowest BCUT2D eigenvalue weighted by molar-refractivity contribution is -0.123. The van der Waals surface area contributed by atoms with Crippen LogP contribution in [0.2, 0.25) is 5.02 Å². The molecule has 3 N–H and O–H groups in total. The van der Waals surface area contributed by atoms with E-state index < -0.39 is 5.91 Å². The number of nitrogens with one attached hydrogen (secondary N) is 1. The highest BCUT2D eigenvalue weighted by Crippen LogP contribution is 2.22. The van der Waals surface area contributed by atoms with E-state index >= 15 is 0 Å². The molecule has 1 aliphatic heterocycles. The number of rotatable bonds is 6. The molecule has 3 rings (SSSR count). The molecule has 0 bridgehead atoms. The molecule has 8 heteroatoms. The number of nitrogens with zero attached hydrogens (tertiary/aromatic N) is 3. The van der Waals surface area contributed by atoms with Gasteiger partial charge in [0.15, 0.2) is 0 Å². The van der Waals surface area contributed by atoms with Crippen LogP contribution in [-0.2, 0) is 4.79 Å². The van der Waals surface area contributed by atoms with Gasteiger partial charge in [-0.2, -0.15) is 0 Å². The predicted octanol–water partition coefficient (Wildman–Crippen LogP) is 1.83. The van der Waals surface area contributed by atoms with Crippen LogP contribution in [-0.4, -0.2) is 54.4 Å². The Morgan fingerprint density at radius 1 is 1.18 bits per heavy atom. The van der Waals surface area contributed by atoms with Crippen molar-refractivity contribution < 1.29 is 9.59 Å². The molecule has 148 valence electrons. The summed E-state index contributed by atoms with van der Waals surface area (Å²) in [6.07, 6.45) is 1.65. The highest BCUT2D eigenvalue weighted by atomic mass is 35.5. The smallest absolute Gasteiger partial charge is 0.252 e. The standard InChI is InChI=1S/C20H24ClN5O2/c1-14(15-5-2-3-7-17(15)21)24-18(27)13-25-9-11-26(12-10-25)20-16(19(22)28)6-4-8-23-20/h2-8,14H,9-13H2,1H3,(H2,22,28)(H,24,27)/t14-/m0/s1. The molecule has 0 radical (unpaired) electrons. The van der Waals surface area contributed by atoms with E-state index in [0.29, 0.717) is 49.1 Å². The second-order valence-corrected chi connectivity index (χ2v) is 7.22. The molecule has 1 atom stereocenters. The minimum absolute atomic E-state index is 0.0449. The van der Waals surface area contributed by atoms with Gasteiger partial charge in [0, 0.05) is 37.4 Å². The maximum atomic E-state index is 12.4. The van der Waals surface area contributed by atoms with Gasteiger partial charge in [0.2, 0.25) is 5.91 Å². The molecule has 2 aromatic rings. The molecule has 2 amide bonds. The normalized spacial score (nSPS) is 15.9. The van der Waals surface area contributed by atoms with Crippen LogP contribution in [0.5, 0.6) is 0 Å². The van der Waals surface area contributed by atoms with Gasteiger partial charge in [-0.1, -0.05) is 29.8 Å². The molecule has 0 saturated carbocycles. The zero-order valence-electron chi connectivity index (χ0n) is 15.8. The summed E-state index contributed by atoms with van der Waals surface area (Å²) in [5, 5.41) is 3.64. The molecular formula is C20H24ClN5O2. The first-order chi connectivity index (χ1) is 13.5. The number of pyridine rings is 1. The highest BCUT2D eigenvalue weighted by molar-refractivity contribution is 6.31. The van der Waals surface area contributed by atoms with Crippen LogP contribution in [0.25, 0.3) is 0 Å². The van der Waals surface area contributed by atoms with Gasteiger partial charge in [0.25, 0.3) is 5.91 Å². The van der Waals surface area contributed by atoms with Gasteiger partial charge in [-0.25, -0.2) is 4.98 Å².